The first-order chi connectivity index (χ1) is 9.43. The average molecular weight is 297 g/mol. The van der Waals surface area contributed by atoms with Crippen LogP contribution in [0.1, 0.15) is 12.0 Å². The van der Waals surface area contributed by atoms with Gasteiger partial charge in [0.25, 0.3) is 0 Å². The number of amides is 1. The molecule has 4 nitrogen and oxygen atoms in total. The van der Waals surface area contributed by atoms with Gasteiger partial charge in [0.15, 0.2) is 9.84 Å². The molecule has 1 aromatic carbocycles. The van der Waals surface area contributed by atoms with Crippen LogP contribution < -0.4 is 0 Å². The fourth-order valence-electron chi connectivity index (χ4n) is 2.34. The molecule has 108 valence electrons. The summed E-state index contributed by atoms with van der Waals surface area (Å²) in [5.41, 5.74) is 0.368. The summed E-state index contributed by atoms with van der Waals surface area (Å²) in [6, 6.07) is 5.74. The number of carbonyl (C=O) groups excluding carboxylic acids is 1. The molecule has 0 aromatic heterocycles. The Kier molecular flexibility index (Phi) is 4.23. The Hall–Kier alpha value is -1.69. The van der Waals surface area contributed by atoms with Crippen molar-refractivity contribution in [2.24, 2.45) is 0 Å². The largest absolute Gasteiger partial charge is 0.331 e. The Bertz CT molecular complexity index is 627. The Labute approximate surface area is 117 Å². The molecule has 1 unspecified atom stereocenters. The first-order valence-electron chi connectivity index (χ1n) is 6.30. The molecule has 0 bridgehead atoms. The van der Waals surface area contributed by atoms with E-state index >= 15 is 0 Å². The van der Waals surface area contributed by atoms with Crippen LogP contribution in [0.4, 0.5) is 4.39 Å². The molecule has 0 N–H and O–H groups in total. The van der Waals surface area contributed by atoms with Crippen LogP contribution in [0.25, 0.3) is 0 Å². The highest BCUT2D eigenvalue weighted by Gasteiger charge is 2.34. The third-order valence-electron chi connectivity index (χ3n) is 3.41. The average Bonchev–Trinajstić information content (AvgIpc) is 2.77. The minimum Gasteiger partial charge on any atom is -0.331 e. The third kappa shape index (κ3) is 3.25. The van der Waals surface area contributed by atoms with E-state index in [1.807, 2.05) is 0 Å². The molecular weight excluding hydrogens is 281 g/mol. The highest BCUT2D eigenvalue weighted by molar-refractivity contribution is 7.91. The summed E-state index contributed by atoms with van der Waals surface area (Å²) in [5.74, 6) is -0.790. The summed E-state index contributed by atoms with van der Waals surface area (Å²) >= 11 is 0. The summed E-state index contributed by atoms with van der Waals surface area (Å²) in [6.07, 6.45) is 1.52. The molecule has 0 saturated carbocycles. The number of hydrogen-bond acceptors (Lipinski definition) is 3. The maximum Gasteiger partial charge on any atom is 0.246 e. The van der Waals surface area contributed by atoms with Crippen molar-refractivity contribution < 1.29 is 17.6 Å². The topological polar surface area (TPSA) is 54.5 Å². The molecule has 0 aliphatic carbocycles. The molecule has 1 amide bonds. The molecule has 2 rings (SSSR count). The van der Waals surface area contributed by atoms with Crippen molar-refractivity contribution in [1.29, 1.82) is 0 Å². The second-order valence-corrected chi connectivity index (χ2v) is 7.05. The molecule has 1 aromatic rings. The van der Waals surface area contributed by atoms with E-state index in [9.17, 15) is 17.6 Å². The van der Waals surface area contributed by atoms with E-state index in [4.69, 9.17) is 0 Å². The number of halogens is 1. The van der Waals surface area contributed by atoms with Gasteiger partial charge in [-0.25, -0.2) is 12.8 Å². The van der Waals surface area contributed by atoms with Gasteiger partial charge in [0, 0.05) is 18.2 Å². The Morgan fingerprint density at radius 2 is 2.15 bits per heavy atom. The van der Waals surface area contributed by atoms with E-state index in [0.29, 0.717) is 12.0 Å². The van der Waals surface area contributed by atoms with Gasteiger partial charge in [-0.3, -0.25) is 4.79 Å². The Morgan fingerprint density at radius 1 is 1.45 bits per heavy atom. The molecule has 1 aliphatic rings. The number of carbonyl (C=O) groups is 1. The van der Waals surface area contributed by atoms with Gasteiger partial charge in [-0.05, 0) is 18.6 Å². The van der Waals surface area contributed by atoms with E-state index in [2.05, 4.69) is 6.58 Å². The van der Waals surface area contributed by atoms with Crippen molar-refractivity contribution in [3.05, 3.63) is 48.3 Å². The highest BCUT2D eigenvalue weighted by atomic mass is 32.2. The van der Waals surface area contributed by atoms with Crippen LogP contribution in [0.3, 0.4) is 0 Å². The van der Waals surface area contributed by atoms with Crippen LogP contribution in [-0.4, -0.2) is 36.8 Å². The van der Waals surface area contributed by atoms with Crippen LogP contribution >= 0.6 is 0 Å². The maximum absolute atomic E-state index is 13.7. The lowest BCUT2D eigenvalue weighted by Gasteiger charge is -2.27. The molecule has 20 heavy (non-hydrogen) atoms. The summed E-state index contributed by atoms with van der Waals surface area (Å²) in [4.78, 5) is 13.3. The first-order valence-corrected chi connectivity index (χ1v) is 8.12. The summed E-state index contributed by atoms with van der Waals surface area (Å²) in [7, 11) is -3.11. The normalized spacial score (nSPS) is 20.6. The molecule has 0 radical (unpaired) electrons. The van der Waals surface area contributed by atoms with Crippen molar-refractivity contribution >= 4 is 15.7 Å². The zero-order valence-corrected chi connectivity index (χ0v) is 11.8. The highest BCUT2D eigenvalue weighted by Crippen LogP contribution is 2.21. The van der Waals surface area contributed by atoms with Crippen LogP contribution in [-0.2, 0) is 21.2 Å². The Balaban J connectivity index is 2.23. The van der Waals surface area contributed by atoms with Gasteiger partial charge in [-0.1, -0.05) is 24.8 Å². The van der Waals surface area contributed by atoms with Gasteiger partial charge < -0.3 is 4.90 Å². The van der Waals surface area contributed by atoms with Crippen molar-refractivity contribution in [3.63, 3.8) is 0 Å². The van der Waals surface area contributed by atoms with E-state index in [1.165, 1.54) is 11.0 Å². The van der Waals surface area contributed by atoms with Crippen molar-refractivity contribution in [2.45, 2.75) is 19.0 Å². The van der Waals surface area contributed by atoms with Crippen molar-refractivity contribution in [3.8, 4) is 0 Å². The number of nitrogens with zero attached hydrogens (tertiary/aromatic N) is 1. The third-order valence-corrected chi connectivity index (χ3v) is 5.16. The lowest BCUT2D eigenvalue weighted by Crippen LogP contribution is -2.39. The minimum atomic E-state index is -3.11. The number of benzene rings is 1. The molecule has 6 heteroatoms. The lowest BCUT2D eigenvalue weighted by atomic mass is 10.1. The van der Waals surface area contributed by atoms with Crippen LogP contribution in [0.2, 0.25) is 0 Å². The second kappa shape index (κ2) is 5.75. The zero-order chi connectivity index (χ0) is 14.8. The van der Waals surface area contributed by atoms with Gasteiger partial charge in [0.2, 0.25) is 5.91 Å². The SMILES string of the molecule is C=CC(=O)N(Cc1ccccc1F)C1CCS(=O)(=O)C1. The van der Waals surface area contributed by atoms with Crippen molar-refractivity contribution in [2.75, 3.05) is 11.5 Å². The van der Waals surface area contributed by atoms with Gasteiger partial charge in [0.05, 0.1) is 11.5 Å². The minimum absolute atomic E-state index is 0.0533. The predicted octanol–water partition coefficient (Wildman–Crippen LogP) is 1.53. The summed E-state index contributed by atoms with van der Waals surface area (Å²) in [5, 5.41) is 0. The summed E-state index contributed by atoms with van der Waals surface area (Å²) < 4.78 is 36.7. The molecule has 1 fully saturated rings. The molecular formula is C14H16FNO3S. The maximum atomic E-state index is 13.7. The number of sulfone groups is 1. The van der Waals surface area contributed by atoms with E-state index in [0.717, 1.165) is 6.08 Å². The van der Waals surface area contributed by atoms with E-state index < -0.39 is 21.7 Å². The van der Waals surface area contributed by atoms with Crippen LogP contribution in [0.15, 0.2) is 36.9 Å². The van der Waals surface area contributed by atoms with Gasteiger partial charge in [-0.2, -0.15) is 0 Å². The molecule has 0 spiro atoms. The second-order valence-electron chi connectivity index (χ2n) is 4.82. The van der Waals surface area contributed by atoms with Gasteiger partial charge in [0.1, 0.15) is 5.82 Å². The van der Waals surface area contributed by atoms with E-state index in [1.54, 1.807) is 18.2 Å². The molecule has 1 heterocycles. The van der Waals surface area contributed by atoms with Gasteiger partial charge in [-0.15, -0.1) is 0 Å². The fraction of sp³-hybridized carbons (Fsp3) is 0.357. The molecule has 1 atom stereocenters. The van der Waals surface area contributed by atoms with Crippen LogP contribution in [0.5, 0.6) is 0 Å². The number of rotatable bonds is 4. The standard InChI is InChI=1S/C14H16FNO3S/c1-2-14(17)16(12-7-8-20(18,19)10-12)9-11-5-3-4-6-13(11)15/h2-6,12H,1,7-10H2. The number of hydrogen-bond donors (Lipinski definition) is 0. The van der Waals surface area contributed by atoms with Crippen molar-refractivity contribution in [1.82, 2.24) is 4.90 Å². The molecule has 1 aliphatic heterocycles. The van der Waals surface area contributed by atoms with Gasteiger partial charge >= 0.3 is 0 Å². The zero-order valence-electron chi connectivity index (χ0n) is 11.0. The first kappa shape index (κ1) is 14.7. The van der Waals surface area contributed by atoms with Crippen LogP contribution in [0, 0.1) is 5.82 Å². The Morgan fingerprint density at radius 3 is 2.70 bits per heavy atom. The fourth-order valence-corrected chi connectivity index (χ4v) is 4.07. The molecule has 1 saturated heterocycles. The predicted molar refractivity (Wildman–Crippen MR) is 74.2 cm³/mol. The summed E-state index contributed by atoms with van der Waals surface area (Å²) in [6.45, 7) is 3.47. The monoisotopic (exact) mass is 297 g/mol. The lowest BCUT2D eigenvalue weighted by molar-refractivity contribution is -0.128. The van der Waals surface area contributed by atoms with E-state index in [-0.39, 0.29) is 24.0 Å². The smallest absolute Gasteiger partial charge is 0.246 e. The quantitative estimate of drug-likeness (QED) is 0.792.